The van der Waals surface area contributed by atoms with E-state index in [0.717, 1.165) is 28.3 Å². The molecule has 29 heavy (non-hydrogen) atoms. The Kier molecular flexibility index (Phi) is 4.66. The predicted molar refractivity (Wildman–Crippen MR) is 107 cm³/mol. The fraction of sp³-hybridized carbons (Fsp3) is 0.250. The molecule has 3 aromatic rings. The van der Waals surface area contributed by atoms with Crippen molar-refractivity contribution in [3.63, 3.8) is 0 Å². The van der Waals surface area contributed by atoms with Gasteiger partial charge in [0, 0.05) is 22.3 Å². The van der Waals surface area contributed by atoms with Crippen molar-refractivity contribution < 1.29 is 23.0 Å². The molecule has 152 valence electrons. The Labute approximate surface area is 168 Å². The van der Waals surface area contributed by atoms with Gasteiger partial charge in [-0.2, -0.15) is 13.2 Å². The third kappa shape index (κ3) is 3.63. The van der Waals surface area contributed by atoms with Crippen molar-refractivity contribution >= 4 is 33.3 Å². The SMILES string of the molecule is COC1=CC(c2cc3sc(C(O)C(F)(F)F)cc3[nH]2)=N/C1=C\c1[nH]c(C)cc1C. The van der Waals surface area contributed by atoms with E-state index in [9.17, 15) is 18.3 Å². The largest absolute Gasteiger partial charge is 0.494 e. The van der Waals surface area contributed by atoms with Gasteiger partial charge in [-0.15, -0.1) is 11.3 Å². The number of aromatic nitrogens is 2. The second kappa shape index (κ2) is 6.93. The van der Waals surface area contributed by atoms with E-state index in [-0.39, 0.29) is 4.88 Å². The molecular weight excluding hydrogens is 403 g/mol. The highest BCUT2D eigenvalue weighted by atomic mass is 32.1. The maximum atomic E-state index is 12.7. The van der Waals surface area contributed by atoms with E-state index < -0.39 is 12.3 Å². The topological polar surface area (TPSA) is 73.4 Å². The van der Waals surface area contributed by atoms with Gasteiger partial charge in [-0.1, -0.05) is 0 Å². The van der Waals surface area contributed by atoms with Gasteiger partial charge in [-0.25, -0.2) is 4.99 Å². The number of aliphatic hydroxyl groups excluding tert-OH is 1. The van der Waals surface area contributed by atoms with Crippen molar-refractivity contribution in [2.75, 3.05) is 7.11 Å². The van der Waals surface area contributed by atoms with Gasteiger partial charge in [0.05, 0.1) is 28.7 Å². The lowest BCUT2D eigenvalue weighted by Crippen LogP contribution is -2.18. The molecule has 1 aliphatic rings. The van der Waals surface area contributed by atoms with Crippen LogP contribution in [0.2, 0.25) is 0 Å². The van der Waals surface area contributed by atoms with Gasteiger partial charge < -0.3 is 19.8 Å². The van der Waals surface area contributed by atoms with Crippen molar-refractivity contribution in [1.82, 2.24) is 9.97 Å². The number of aryl methyl sites for hydroxylation is 2. The number of nitrogens with zero attached hydrogens (tertiary/aromatic N) is 1. The highest BCUT2D eigenvalue weighted by Crippen LogP contribution is 2.39. The van der Waals surface area contributed by atoms with Crippen LogP contribution in [0.4, 0.5) is 13.2 Å². The number of methoxy groups -OCH3 is 1. The summed E-state index contributed by atoms with van der Waals surface area (Å²) in [6.45, 7) is 3.97. The number of fused-ring (bicyclic) bond motifs is 1. The lowest BCUT2D eigenvalue weighted by Gasteiger charge is -2.11. The highest BCUT2D eigenvalue weighted by molar-refractivity contribution is 7.19. The number of H-pyrrole nitrogens is 2. The number of allylic oxidation sites excluding steroid dienone is 1. The second-order valence-corrected chi connectivity index (χ2v) is 7.96. The summed E-state index contributed by atoms with van der Waals surface area (Å²) in [6.07, 6.45) is -3.50. The number of aliphatic hydroxyl groups is 1. The van der Waals surface area contributed by atoms with Crippen molar-refractivity contribution in [3.05, 3.63) is 63.3 Å². The normalized spacial score (nSPS) is 17.1. The maximum absolute atomic E-state index is 12.7. The molecule has 3 aromatic heterocycles. The fourth-order valence-corrected chi connectivity index (χ4v) is 4.31. The van der Waals surface area contributed by atoms with Gasteiger partial charge >= 0.3 is 6.18 Å². The zero-order valence-corrected chi connectivity index (χ0v) is 16.6. The lowest BCUT2D eigenvalue weighted by molar-refractivity contribution is -0.205. The number of hydrogen-bond acceptors (Lipinski definition) is 4. The number of nitrogens with one attached hydrogen (secondary N) is 2. The van der Waals surface area contributed by atoms with Crippen LogP contribution in [0.15, 0.2) is 40.7 Å². The molecule has 0 saturated heterocycles. The van der Waals surface area contributed by atoms with Crippen molar-refractivity contribution in [1.29, 1.82) is 0 Å². The van der Waals surface area contributed by atoms with E-state index in [1.165, 1.54) is 6.07 Å². The summed E-state index contributed by atoms with van der Waals surface area (Å²) in [5.74, 6) is 0.595. The molecule has 0 aliphatic carbocycles. The minimum Gasteiger partial charge on any atom is -0.494 e. The Bertz CT molecular complexity index is 1150. The first-order valence-corrected chi connectivity index (χ1v) is 9.57. The second-order valence-electron chi connectivity index (χ2n) is 6.84. The van der Waals surface area contributed by atoms with E-state index in [0.29, 0.717) is 33.1 Å². The van der Waals surface area contributed by atoms with Crippen LogP contribution in [0.25, 0.3) is 16.3 Å². The van der Waals surface area contributed by atoms with E-state index in [2.05, 4.69) is 15.0 Å². The van der Waals surface area contributed by atoms with Crippen LogP contribution in [0.3, 0.4) is 0 Å². The summed E-state index contributed by atoms with van der Waals surface area (Å²) in [4.78, 5) is 10.8. The summed E-state index contributed by atoms with van der Waals surface area (Å²) in [6, 6.07) is 5.08. The summed E-state index contributed by atoms with van der Waals surface area (Å²) >= 11 is 0.899. The van der Waals surface area contributed by atoms with Crippen molar-refractivity contribution in [2.24, 2.45) is 4.99 Å². The molecular formula is C20H18F3N3O2S. The molecule has 0 spiro atoms. The number of aliphatic imine (C=N–C) groups is 1. The van der Waals surface area contributed by atoms with Crippen LogP contribution in [-0.4, -0.2) is 34.1 Å². The van der Waals surface area contributed by atoms with Gasteiger partial charge in [0.1, 0.15) is 11.5 Å². The maximum Gasteiger partial charge on any atom is 0.419 e. The van der Waals surface area contributed by atoms with Crippen LogP contribution in [-0.2, 0) is 4.74 Å². The van der Waals surface area contributed by atoms with Crippen LogP contribution in [0.1, 0.15) is 33.6 Å². The van der Waals surface area contributed by atoms with Crippen LogP contribution in [0.5, 0.6) is 0 Å². The molecule has 0 bridgehead atoms. The first kappa shape index (κ1) is 19.5. The molecule has 0 radical (unpaired) electrons. The quantitative estimate of drug-likeness (QED) is 0.546. The molecule has 5 nitrogen and oxygen atoms in total. The minimum atomic E-state index is -4.69. The number of hydrogen-bond donors (Lipinski definition) is 3. The van der Waals surface area contributed by atoms with Gasteiger partial charge in [0.15, 0.2) is 6.10 Å². The molecule has 1 aliphatic heterocycles. The number of alkyl halides is 3. The van der Waals surface area contributed by atoms with E-state index in [1.54, 1.807) is 19.3 Å². The third-order valence-corrected chi connectivity index (χ3v) is 5.77. The molecule has 3 N–H and O–H groups in total. The van der Waals surface area contributed by atoms with E-state index in [4.69, 9.17) is 4.74 Å². The van der Waals surface area contributed by atoms with Gasteiger partial charge in [-0.3, -0.25) is 0 Å². The monoisotopic (exact) mass is 421 g/mol. The van der Waals surface area contributed by atoms with Gasteiger partial charge in [-0.05, 0) is 43.7 Å². The van der Waals surface area contributed by atoms with Crippen molar-refractivity contribution in [2.45, 2.75) is 26.1 Å². The standard InChI is InChI=1S/C20H18F3N3O2S/c1-9-4-10(2)24-11(9)5-14-16(28-3)6-12(25-14)13-7-17-15(26-13)8-18(29-17)19(27)20(21,22)23/h4-8,19,24,26-27H,1-3H3/b14-5-. The van der Waals surface area contributed by atoms with Crippen molar-refractivity contribution in [3.8, 4) is 0 Å². The van der Waals surface area contributed by atoms with E-state index in [1.807, 2.05) is 26.0 Å². The lowest BCUT2D eigenvalue weighted by atomic mass is 10.2. The molecule has 1 atom stereocenters. The van der Waals surface area contributed by atoms with Crippen LogP contribution < -0.4 is 0 Å². The summed E-state index contributed by atoms with van der Waals surface area (Å²) in [5, 5.41) is 9.43. The zero-order chi connectivity index (χ0) is 20.9. The van der Waals surface area contributed by atoms with Crippen LogP contribution in [0, 0.1) is 13.8 Å². The first-order valence-electron chi connectivity index (χ1n) is 8.76. The molecule has 9 heteroatoms. The number of aromatic amines is 2. The fourth-order valence-electron chi connectivity index (χ4n) is 3.23. The number of rotatable bonds is 4. The Morgan fingerprint density at radius 2 is 1.97 bits per heavy atom. The molecule has 0 fully saturated rings. The number of thiophene rings is 1. The smallest absolute Gasteiger partial charge is 0.419 e. The average molecular weight is 421 g/mol. The Morgan fingerprint density at radius 3 is 2.55 bits per heavy atom. The van der Waals surface area contributed by atoms with E-state index >= 15 is 0 Å². The molecule has 4 heterocycles. The molecule has 0 aromatic carbocycles. The minimum absolute atomic E-state index is 0.148. The molecule has 4 rings (SSSR count). The highest BCUT2D eigenvalue weighted by Gasteiger charge is 2.40. The first-order chi connectivity index (χ1) is 13.7. The number of halogens is 3. The summed E-state index contributed by atoms with van der Waals surface area (Å²) in [7, 11) is 1.56. The van der Waals surface area contributed by atoms with Gasteiger partial charge in [0.25, 0.3) is 0 Å². The summed E-state index contributed by atoms with van der Waals surface area (Å²) < 4.78 is 44.2. The molecule has 0 amide bonds. The predicted octanol–water partition coefficient (Wildman–Crippen LogP) is 5.14. The Hall–Kier alpha value is -2.78. The third-order valence-electron chi connectivity index (χ3n) is 4.63. The Morgan fingerprint density at radius 1 is 1.21 bits per heavy atom. The molecule has 1 unspecified atom stereocenters. The van der Waals surface area contributed by atoms with Gasteiger partial charge in [0.2, 0.25) is 0 Å². The zero-order valence-electron chi connectivity index (χ0n) is 15.8. The van der Waals surface area contributed by atoms with Crippen LogP contribution >= 0.6 is 11.3 Å². The average Bonchev–Trinajstić information content (AvgIpc) is 3.36. The Balaban J connectivity index is 1.67. The number of ether oxygens (including phenoxy) is 1. The molecule has 0 saturated carbocycles. The summed E-state index contributed by atoms with van der Waals surface area (Å²) in [5.41, 5.74) is 5.52.